The number of carboxylic acids is 1. The number of carboxylic acid groups (broad SMARTS) is 1. The molecule has 0 spiro atoms. The maximum Gasteiger partial charge on any atom is 0.308 e. The van der Waals surface area contributed by atoms with Gasteiger partial charge in [0, 0.05) is 18.1 Å². The zero-order valence-corrected chi connectivity index (χ0v) is 12.8. The molecule has 1 fully saturated rings. The zero-order chi connectivity index (χ0) is 15.6. The molecule has 1 aromatic carbocycles. The summed E-state index contributed by atoms with van der Waals surface area (Å²) in [5.41, 5.74) is 1.79. The van der Waals surface area contributed by atoms with E-state index in [2.05, 4.69) is 0 Å². The number of carbonyl (C=O) groups excluding carboxylic acids is 1. The van der Waals surface area contributed by atoms with Crippen LogP contribution in [0.25, 0.3) is 0 Å². The summed E-state index contributed by atoms with van der Waals surface area (Å²) in [5.74, 6) is -0.912. The molecule has 1 heterocycles. The fraction of sp³-hybridized carbons (Fsp3) is 0.467. The zero-order valence-electron chi connectivity index (χ0n) is 12.1. The fourth-order valence-electron chi connectivity index (χ4n) is 2.41. The average molecular weight is 312 g/mol. The molecule has 0 radical (unpaired) electrons. The van der Waals surface area contributed by atoms with Gasteiger partial charge in [0.05, 0.1) is 5.92 Å². The Morgan fingerprint density at radius 3 is 2.52 bits per heavy atom. The molecule has 0 aromatic heterocycles. The minimum atomic E-state index is -0.852. The molecule has 1 aliphatic heterocycles. The number of nitrogens with zero attached hydrogens (tertiary/aromatic N) is 1. The molecule has 1 saturated heterocycles. The van der Waals surface area contributed by atoms with Crippen LogP contribution in [-0.2, 0) is 9.59 Å². The first-order valence-electron chi connectivity index (χ1n) is 6.78. The number of likely N-dealkylation sites (tertiary alicyclic amines) is 1. The minimum Gasteiger partial charge on any atom is -0.484 e. The molecule has 21 heavy (non-hydrogen) atoms. The lowest BCUT2D eigenvalue weighted by molar-refractivity contribution is -0.141. The highest BCUT2D eigenvalue weighted by atomic mass is 35.5. The van der Waals surface area contributed by atoms with Crippen LogP contribution in [0.3, 0.4) is 0 Å². The van der Waals surface area contributed by atoms with E-state index in [9.17, 15) is 9.59 Å². The van der Waals surface area contributed by atoms with E-state index in [-0.39, 0.29) is 19.1 Å². The predicted molar refractivity (Wildman–Crippen MR) is 78.7 cm³/mol. The van der Waals surface area contributed by atoms with Crippen LogP contribution < -0.4 is 4.74 Å². The summed E-state index contributed by atoms with van der Waals surface area (Å²) < 4.78 is 5.50. The first-order valence-corrected chi connectivity index (χ1v) is 7.16. The van der Waals surface area contributed by atoms with Crippen molar-refractivity contribution in [3.05, 3.63) is 28.3 Å². The average Bonchev–Trinajstić information content (AvgIpc) is 2.92. The monoisotopic (exact) mass is 311 g/mol. The third-order valence-corrected chi connectivity index (χ3v) is 4.26. The molecule has 6 heteroatoms. The standard InChI is InChI=1S/C15H18ClNO4/c1-9-5-12(6-10(2)14(9)16)21-8-13(18)17-4-3-11(7-17)15(19)20/h5-6,11H,3-4,7-8H2,1-2H3,(H,19,20). The van der Waals surface area contributed by atoms with E-state index in [1.807, 2.05) is 13.8 Å². The number of hydrogen-bond acceptors (Lipinski definition) is 3. The second-order valence-electron chi connectivity index (χ2n) is 5.32. The normalized spacial score (nSPS) is 17.9. The van der Waals surface area contributed by atoms with Crippen LogP contribution in [0, 0.1) is 19.8 Å². The Hall–Kier alpha value is -1.75. The molecule has 1 atom stereocenters. The quantitative estimate of drug-likeness (QED) is 0.926. The predicted octanol–water partition coefficient (Wildman–Crippen LogP) is 2.27. The summed E-state index contributed by atoms with van der Waals surface area (Å²) in [5, 5.41) is 9.62. The van der Waals surface area contributed by atoms with Gasteiger partial charge in [0.15, 0.2) is 6.61 Å². The number of ether oxygens (including phenoxy) is 1. The molecule has 1 aromatic rings. The summed E-state index contributed by atoms with van der Waals surface area (Å²) in [6.45, 7) is 4.39. The van der Waals surface area contributed by atoms with E-state index in [1.165, 1.54) is 4.90 Å². The third-order valence-electron chi connectivity index (χ3n) is 3.66. The van der Waals surface area contributed by atoms with Gasteiger partial charge in [-0.05, 0) is 43.5 Å². The number of aryl methyl sites for hydroxylation is 2. The van der Waals surface area contributed by atoms with Crippen LogP contribution in [-0.4, -0.2) is 41.6 Å². The van der Waals surface area contributed by atoms with Gasteiger partial charge >= 0.3 is 5.97 Å². The maximum absolute atomic E-state index is 12.0. The minimum absolute atomic E-state index is 0.0904. The van der Waals surface area contributed by atoms with Gasteiger partial charge in [-0.25, -0.2) is 0 Å². The molecule has 2 rings (SSSR count). The Bertz CT molecular complexity index is 550. The molecular formula is C15H18ClNO4. The van der Waals surface area contributed by atoms with Crippen molar-refractivity contribution in [3.8, 4) is 5.75 Å². The Morgan fingerprint density at radius 2 is 2.00 bits per heavy atom. The maximum atomic E-state index is 12.0. The van der Waals surface area contributed by atoms with Gasteiger partial charge in [0.2, 0.25) is 0 Å². The number of carbonyl (C=O) groups is 2. The molecule has 1 unspecified atom stereocenters. The van der Waals surface area contributed by atoms with Gasteiger partial charge in [-0.3, -0.25) is 9.59 Å². The van der Waals surface area contributed by atoms with Gasteiger partial charge in [-0.1, -0.05) is 11.6 Å². The van der Waals surface area contributed by atoms with Gasteiger partial charge < -0.3 is 14.7 Å². The van der Waals surface area contributed by atoms with Crippen molar-refractivity contribution < 1.29 is 19.4 Å². The topological polar surface area (TPSA) is 66.8 Å². The van der Waals surface area contributed by atoms with Crippen LogP contribution in [0.1, 0.15) is 17.5 Å². The summed E-state index contributed by atoms with van der Waals surface area (Å²) in [4.78, 5) is 24.4. The lowest BCUT2D eigenvalue weighted by Gasteiger charge is -2.16. The molecule has 0 aliphatic carbocycles. The summed E-state index contributed by atoms with van der Waals surface area (Å²) >= 11 is 6.08. The highest BCUT2D eigenvalue weighted by molar-refractivity contribution is 6.32. The second kappa shape index (κ2) is 6.35. The Kier molecular flexibility index (Phi) is 4.73. The number of benzene rings is 1. The molecule has 1 N–H and O–H groups in total. The molecular weight excluding hydrogens is 294 g/mol. The lowest BCUT2D eigenvalue weighted by Crippen LogP contribution is -2.33. The SMILES string of the molecule is Cc1cc(OCC(=O)N2CCC(C(=O)O)C2)cc(C)c1Cl. The summed E-state index contributed by atoms with van der Waals surface area (Å²) in [6.07, 6.45) is 0.500. The van der Waals surface area contributed by atoms with E-state index in [0.29, 0.717) is 23.7 Å². The van der Waals surface area contributed by atoms with Crippen LogP contribution >= 0.6 is 11.6 Å². The van der Waals surface area contributed by atoms with Gasteiger partial charge in [-0.2, -0.15) is 0 Å². The first-order chi connectivity index (χ1) is 9.88. The largest absolute Gasteiger partial charge is 0.484 e. The van der Waals surface area contributed by atoms with Crippen molar-refractivity contribution in [2.24, 2.45) is 5.92 Å². The van der Waals surface area contributed by atoms with Crippen molar-refractivity contribution >= 4 is 23.5 Å². The molecule has 0 saturated carbocycles. The van der Waals surface area contributed by atoms with Crippen molar-refractivity contribution in [1.82, 2.24) is 4.90 Å². The van der Waals surface area contributed by atoms with Crippen molar-refractivity contribution in [2.75, 3.05) is 19.7 Å². The number of amides is 1. The van der Waals surface area contributed by atoms with E-state index < -0.39 is 11.9 Å². The Balaban J connectivity index is 1.92. The molecule has 0 bridgehead atoms. The van der Waals surface area contributed by atoms with Crippen molar-refractivity contribution in [2.45, 2.75) is 20.3 Å². The highest BCUT2D eigenvalue weighted by Gasteiger charge is 2.30. The Morgan fingerprint density at radius 1 is 1.38 bits per heavy atom. The lowest BCUT2D eigenvalue weighted by atomic mass is 10.1. The van der Waals surface area contributed by atoms with Crippen LogP contribution in [0.5, 0.6) is 5.75 Å². The Labute approximate surface area is 128 Å². The molecule has 5 nitrogen and oxygen atoms in total. The third kappa shape index (κ3) is 3.67. The van der Waals surface area contributed by atoms with Gasteiger partial charge in [0.25, 0.3) is 5.91 Å². The first kappa shape index (κ1) is 15.6. The van der Waals surface area contributed by atoms with Gasteiger partial charge in [0.1, 0.15) is 5.75 Å². The molecule has 114 valence electrons. The summed E-state index contributed by atoms with van der Waals surface area (Å²) in [7, 11) is 0. The number of hydrogen-bond donors (Lipinski definition) is 1. The van der Waals surface area contributed by atoms with Crippen molar-refractivity contribution in [1.29, 1.82) is 0 Å². The second-order valence-corrected chi connectivity index (χ2v) is 5.70. The van der Waals surface area contributed by atoms with Crippen LogP contribution in [0.2, 0.25) is 5.02 Å². The number of aliphatic carboxylic acids is 1. The molecule has 1 amide bonds. The van der Waals surface area contributed by atoms with Crippen LogP contribution in [0.4, 0.5) is 0 Å². The van der Waals surface area contributed by atoms with Crippen LogP contribution in [0.15, 0.2) is 12.1 Å². The van der Waals surface area contributed by atoms with E-state index in [0.717, 1.165) is 11.1 Å². The fourth-order valence-corrected chi connectivity index (χ4v) is 2.52. The highest BCUT2D eigenvalue weighted by Crippen LogP contribution is 2.26. The smallest absolute Gasteiger partial charge is 0.308 e. The molecule has 1 aliphatic rings. The van der Waals surface area contributed by atoms with E-state index in [1.54, 1.807) is 12.1 Å². The number of halogens is 1. The van der Waals surface area contributed by atoms with E-state index >= 15 is 0 Å². The van der Waals surface area contributed by atoms with Gasteiger partial charge in [-0.15, -0.1) is 0 Å². The van der Waals surface area contributed by atoms with Crippen molar-refractivity contribution in [3.63, 3.8) is 0 Å². The van der Waals surface area contributed by atoms with E-state index in [4.69, 9.17) is 21.4 Å². The number of rotatable bonds is 4. The summed E-state index contributed by atoms with van der Waals surface area (Å²) in [6, 6.07) is 3.57.